The lowest BCUT2D eigenvalue weighted by atomic mass is 9.68. The van der Waals surface area contributed by atoms with Crippen LogP contribution in [0.3, 0.4) is 0 Å². The Hall–Kier alpha value is -1.15. The van der Waals surface area contributed by atoms with E-state index in [1.165, 1.54) is 12.1 Å². The van der Waals surface area contributed by atoms with E-state index in [-0.39, 0.29) is 23.1 Å². The number of fused-ring (bicyclic) bond motifs is 1. The van der Waals surface area contributed by atoms with Gasteiger partial charge in [0.2, 0.25) is 10.0 Å². The van der Waals surface area contributed by atoms with Gasteiger partial charge in [0.05, 0.1) is 17.0 Å². The second-order valence-electron chi connectivity index (χ2n) is 5.46. The lowest BCUT2D eigenvalue weighted by molar-refractivity contribution is -0.104. The Balaban J connectivity index is 1.69. The summed E-state index contributed by atoms with van der Waals surface area (Å²) in [4.78, 5) is 0.104. The van der Waals surface area contributed by atoms with E-state index in [1.807, 2.05) is 0 Å². The van der Waals surface area contributed by atoms with Crippen LogP contribution in [-0.4, -0.2) is 33.2 Å². The molecule has 3 rings (SSSR count). The van der Waals surface area contributed by atoms with Crippen molar-refractivity contribution in [1.29, 1.82) is 0 Å². The number of hydrogen-bond acceptors (Lipinski definition) is 5. The largest absolute Gasteiger partial charge is 0.378 e. The van der Waals surface area contributed by atoms with Crippen molar-refractivity contribution in [3.05, 3.63) is 24.3 Å². The summed E-state index contributed by atoms with van der Waals surface area (Å²) in [6.07, 6.45) is 2.36. The van der Waals surface area contributed by atoms with E-state index in [9.17, 15) is 8.42 Å². The second kappa shape index (κ2) is 5.00. The third-order valence-electron chi connectivity index (χ3n) is 4.19. The van der Waals surface area contributed by atoms with Gasteiger partial charge in [-0.15, -0.1) is 0 Å². The summed E-state index contributed by atoms with van der Waals surface area (Å²) in [7, 11) is -3.65. The summed E-state index contributed by atoms with van der Waals surface area (Å²) in [5, 5.41) is 8.39. The number of rotatable bonds is 3. The van der Waals surface area contributed by atoms with Crippen molar-refractivity contribution >= 4 is 15.7 Å². The minimum absolute atomic E-state index is 0.0817. The molecule has 1 aromatic rings. The smallest absolute Gasteiger partial charge is 0.238 e. The fourth-order valence-corrected chi connectivity index (χ4v) is 3.57. The summed E-state index contributed by atoms with van der Waals surface area (Å²) < 4.78 is 28.1. The quantitative estimate of drug-likeness (QED) is 0.741. The molecule has 0 bridgehead atoms. The maximum atomic E-state index is 11.2. The molecule has 1 saturated carbocycles. The van der Waals surface area contributed by atoms with Crippen molar-refractivity contribution < 1.29 is 13.2 Å². The van der Waals surface area contributed by atoms with Crippen LogP contribution in [0.1, 0.15) is 12.8 Å². The third-order valence-corrected chi connectivity index (χ3v) is 5.12. The lowest BCUT2D eigenvalue weighted by Crippen LogP contribution is -2.69. The first-order valence-electron chi connectivity index (χ1n) is 6.73. The average Bonchev–Trinajstić information content (AvgIpc) is 2.44. The van der Waals surface area contributed by atoms with Crippen molar-refractivity contribution in [2.45, 2.75) is 35.9 Å². The van der Waals surface area contributed by atoms with Gasteiger partial charge in [0.25, 0.3) is 0 Å². The van der Waals surface area contributed by atoms with E-state index in [2.05, 4.69) is 5.32 Å². The number of anilines is 1. The van der Waals surface area contributed by atoms with Crippen molar-refractivity contribution in [3.8, 4) is 0 Å². The molecule has 1 heterocycles. The highest BCUT2D eigenvalue weighted by Crippen LogP contribution is 2.38. The molecule has 0 radical (unpaired) electrons. The fourth-order valence-electron chi connectivity index (χ4n) is 3.06. The molecule has 1 saturated heterocycles. The molecule has 0 spiro atoms. The highest BCUT2D eigenvalue weighted by molar-refractivity contribution is 7.89. The summed E-state index contributed by atoms with van der Waals surface area (Å²) in [6, 6.07) is 6.53. The van der Waals surface area contributed by atoms with Crippen LogP contribution in [0.15, 0.2) is 29.2 Å². The molecule has 110 valence electrons. The van der Waals surface area contributed by atoms with Gasteiger partial charge in [-0.2, -0.15) is 0 Å². The number of sulfonamides is 1. The van der Waals surface area contributed by atoms with Crippen molar-refractivity contribution in [2.75, 3.05) is 11.9 Å². The first kappa shape index (κ1) is 13.8. The van der Waals surface area contributed by atoms with Crippen LogP contribution in [-0.2, 0) is 14.8 Å². The first-order chi connectivity index (χ1) is 9.47. The van der Waals surface area contributed by atoms with E-state index in [4.69, 9.17) is 15.6 Å². The van der Waals surface area contributed by atoms with E-state index >= 15 is 0 Å². The normalized spacial score (nSPS) is 33.1. The Bertz CT molecular complexity index is 587. The summed E-state index contributed by atoms with van der Waals surface area (Å²) >= 11 is 0. The zero-order valence-corrected chi connectivity index (χ0v) is 11.8. The van der Waals surface area contributed by atoms with Gasteiger partial charge in [0.1, 0.15) is 0 Å². The Kier molecular flexibility index (Phi) is 3.45. The molecule has 2 aliphatic rings. The molecule has 2 fully saturated rings. The van der Waals surface area contributed by atoms with Crippen molar-refractivity contribution in [1.82, 2.24) is 0 Å². The molecule has 1 aromatic carbocycles. The van der Waals surface area contributed by atoms with Crippen LogP contribution in [0.4, 0.5) is 5.69 Å². The van der Waals surface area contributed by atoms with Crippen molar-refractivity contribution in [3.63, 3.8) is 0 Å². The highest BCUT2D eigenvalue weighted by Gasteiger charge is 2.50. The van der Waals surface area contributed by atoms with Crippen LogP contribution in [0.2, 0.25) is 0 Å². The Morgan fingerprint density at radius 1 is 1.25 bits per heavy atom. The molecule has 7 heteroatoms. The molecule has 4 atom stereocenters. The SMILES string of the molecule is NC1C2CCCOC2C1Nc1ccc(S(N)(=O)=O)cc1. The summed E-state index contributed by atoms with van der Waals surface area (Å²) in [5.41, 5.74) is 6.99. The van der Waals surface area contributed by atoms with Gasteiger partial charge in [-0.3, -0.25) is 0 Å². The van der Waals surface area contributed by atoms with Crippen LogP contribution in [0, 0.1) is 5.92 Å². The molecule has 4 unspecified atom stereocenters. The Morgan fingerprint density at radius 2 is 1.95 bits per heavy atom. The maximum absolute atomic E-state index is 11.2. The summed E-state index contributed by atoms with van der Waals surface area (Å²) in [6.45, 7) is 0.788. The number of primary sulfonamides is 1. The number of benzene rings is 1. The minimum atomic E-state index is -3.65. The van der Waals surface area contributed by atoms with Crippen LogP contribution < -0.4 is 16.2 Å². The summed E-state index contributed by atoms with van der Waals surface area (Å²) in [5.74, 6) is 0.435. The molecular weight excluding hydrogens is 278 g/mol. The molecule has 0 amide bonds. The van der Waals surface area contributed by atoms with Gasteiger partial charge in [-0.25, -0.2) is 13.6 Å². The van der Waals surface area contributed by atoms with Gasteiger partial charge in [0, 0.05) is 24.3 Å². The number of ether oxygens (including phenoxy) is 1. The maximum Gasteiger partial charge on any atom is 0.238 e. The molecule has 20 heavy (non-hydrogen) atoms. The monoisotopic (exact) mass is 297 g/mol. The van der Waals surface area contributed by atoms with E-state index in [0.717, 1.165) is 25.1 Å². The lowest BCUT2D eigenvalue weighted by Gasteiger charge is -2.52. The molecule has 1 aliphatic carbocycles. The number of hydrogen-bond donors (Lipinski definition) is 3. The van der Waals surface area contributed by atoms with Crippen LogP contribution in [0.25, 0.3) is 0 Å². The van der Waals surface area contributed by atoms with Crippen LogP contribution >= 0.6 is 0 Å². The van der Waals surface area contributed by atoms with Gasteiger partial charge >= 0.3 is 0 Å². The van der Waals surface area contributed by atoms with E-state index in [0.29, 0.717) is 5.92 Å². The second-order valence-corrected chi connectivity index (χ2v) is 7.02. The number of nitrogens with two attached hydrogens (primary N) is 2. The highest BCUT2D eigenvalue weighted by atomic mass is 32.2. The zero-order valence-electron chi connectivity index (χ0n) is 11.0. The zero-order chi connectivity index (χ0) is 14.3. The molecule has 6 nitrogen and oxygen atoms in total. The Morgan fingerprint density at radius 3 is 2.60 bits per heavy atom. The van der Waals surface area contributed by atoms with Crippen molar-refractivity contribution in [2.24, 2.45) is 16.8 Å². The predicted octanol–water partition coefficient (Wildman–Crippen LogP) is 0.251. The van der Waals surface area contributed by atoms with E-state index in [1.54, 1.807) is 12.1 Å². The fraction of sp³-hybridized carbons (Fsp3) is 0.538. The van der Waals surface area contributed by atoms with Gasteiger partial charge < -0.3 is 15.8 Å². The standard InChI is InChI=1S/C13H19N3O3S/c14-11-10-2-1-7-19-13(10)12(11)16-8-3-5-9(6-4-8)20(15,17)18/h3-6,10-13,16H,1-2,7,14H2,(H2,15,17,18). The minimum Gasteiger partial charge on any atom is -0.378 e. The molecule has 0 aromatic heterocycles. The molecular formula is C13H19N3O3S. The average molecular weight is 297 g/mol. The van der Waals surface area contributed by atoms with Gasteiger partial charge in [0.15, 0.2) is 0 Å². The number of nitrogens with one attached hydrogen (secondary N) is 1. The molecule has 1 aliphatic heterocycles. The topological polar surface area (TPSA) is 107 Å². The van der Waals surface area contributed by atoms with Gasteiger partial charge in [-0.05, 0) is 37.1 Å². The molecule has 5 N–H and O–H groups in total. The van der Waals surface area contributed by atoms with Gasteiger partial charge in [-0.1, -0.05) is 0 Å². The van der Waals surface area contributed by atoms with E-state index < -0.39 is 10.0 Å². The third kappa shape index (κ3) is 2.42. The predicted molar refractivity (Wildman–Crippen MR) is 75.7 cm³/mol. The first-order valence-corrected chi connectivity index (χ1v) is 8.28. The Labute approximate surface area is 118 Å². The van der Waals surface area contributed by atoms with Crippen LogP contribution in [0.5, 0.6) is 0 Å².